The van der Waals surface area contributed by atoms with Crippen LogP contribution in [0.2, 0.25) is 0 Å². The van der Waals surface area contributed by atoms with Gasteiger partial charge in [-0.25, -0.2) is 4.79 Å². The van der Waals surface area contributed by atoms with Crippen LogP contribution < -0.4 is 16.0 Å². The Kier molecular flexibility index (Phi) is 8.17. The third kappa shape index (κ3) is 6.19. The van der Waals surface area contributed by atoms with Crippen molar-refractivity contribution in [3.63, 3.8) is 0 Å². The number of H-pyrrole nitrogens is 1. The molecule has 1 unspecified atom stereocenters. The van der Waals surface area contributed by atoms with Gasteiger partial charge in [-0.2, -0.15) is 0 Å². The molecule has 2 aromatic heterocycles. The van der Waals surface area contributed by atoms with Gasteiger partial charge in [-0.15, -0.1) is 0 Å². The number of para-hydroxylation sites is 1. The van der Waals surface area contributed by atoms with E-state index in [-0.39, 0.29) is 30.3 Å². The van der Waals surface area contributed by atoms with Gasteiger partial charge in [0.15, 0.2) is 5.75 Å². The highest BCUT2D eigenvalue weighted by Gasteiger charge is 2.24. The van der Waals surface area contributed by atoms with Gasteiger partial charge in [0, 0.05) is 54.8 Å². The van der Waals surface area contributed by atoms with Crippen LogP contribution in [0, 0.1) is 0 Å². The number of aromatic hydroxyl groups is 1. The van der Waals surface area contributed by atoms with Gasteiger partial charge in [0.2, 0.25) is 5.91 Å². The molecule has 0 saturated carbocycles. The Morgan fingerprint density at radius 1 is 1.11 bits per heavy atom. The standard InChI is InChI=1S/C26H31N5O5/c32-22(8-4-1-5-17-10-9-16-15-27-13-11-19(16)29-17)28-14-12-21(26(35)36)31-25(34)23-24(33)18-6-2-3-7-20(18)30-23/h2-3,6-7,9-10,21,27,30,33H,1,4-5,8,11-15H2,(H,28,32)(H,31,34)(H,35,36). The first-order valence-electron chi connectivity index (χ1n) is 12.2. The van der Waals surface area contributed by atoms with E-state index in [1.807, 2.05) is 6.07 Å². The molecule has 1 aliphatic rings. The Hall–Kier alpha value is -3.92. The zero-order chi connectivity index (χ0) is 25.5. The van der Waals surface area contributed by atoms with Crippen molar-refractivity contribution in [3.05, 3.63) is 59.0 Å². The third-order valence-corrected chi connectivity index (χ3v) is 6.33. The predicted molar refractivity (Wildman–Crippen MR) is 134 cm³/mol. The van der Waals surface area contributed by atoms with Crippen molar-refractivity contribution < 1.29 is 24.6 Å². The molecule has 3 heterocycles. The first-order chi connectivity index (χ1) is 17.4. The van der Waals surface area contributed by atoms with Crippen LogP contribution in [0.4, 0.5) is 0 Å². The van der Waals surface area contributed by atoms with Crippen LogP contribution in [0.15, 0.2) is 36.4 Å². The number of carboxylic acid groups (broad SMARTS) is 1. The van der Waals surface area contributed by atoms with Crippen molar-refractivity contribution in [1.82, 2.24) is 25.9 Å². The van der Waals surface area contributed by atoms with E-state index in [1.165, 1.54) is 5.56 Å². The van der Waals surface area contributed by atoms with Crippen LogP contribution >= 0.6 is 0 Å². The summed E-state index contributed by atoms with van der Waals surface area (Å²) in [5.74, 6) is -2.35. The molecule has 1 aliphatic heterocycles. The number of aromatic nitrogens is 2. The maximum absolute atomic E-state index is 12.6. The minimum atomic E-state index is -1.22. The molecule has 0 fully saturated rings. The van der Waals surface area contributed by atoms with Gasteiger partial charge >= 0.3 is 5.97 Å². The molecule has 0 aliphatic carbocycles. The smallest absolute Gasteiger partial charge is 0.326 e. The summed E-state index contributed by atoms with van der Waals surface area (Å²) in [5.41, 5.74) is 3.91. The molecule has 0 saturated heterocycles. The number of carbonyl (C=O) groups excluding carboxylic acids is 2. The van der Waals surface area contributed by atoms with Crippen LogP contribution in [0.25, 0.3) is 10.9 Å². The molecule has 2 amide bonds. The van der Waals surface area contributed by atoms with Crippen LogP contribution in [0.3, 0.4) is 0 Å². The Morgan fingerprint density at radius 3 is 2.75 bits per heavy atom. The van der Waals surface area contributed by atoms with Crippen molar-refractivity contribution >= 4 is 28.7 Å². The van der Waals surface area contributed by atoms with Gasteiger partial charge in [0.05, 0.1) is 0 Å². The highest BCUT2D eigenvalue weighted by atomic mass is 16.4. The molecular weight excluding hydrogens is 462 g/mol. The molecule has 190 valence electrons. The number of aromatic amines is 1. The van der Waals surface area contributed by atoms with Crippen LogP contribution in [-0.2, 0) is 29.0 Å². The maximum atomic E-state index is 12.6. The molecule has 36 heavy (non-hydrogen) atoms. The first-order valence-corrected chi connectivity index (χ1v) is 12.2. The SMILES string of the molecule is O=C(CCCCc1ccc2c(n1)CCNC2)NCCC(NC(=O)c1[nH]c2ccccc2c1O)C(=O)O. The van der Waals surface area contributed by atoms with Crippen molar-refractivity contribution in [1.29, 1.82) is 0 Å². The van der Waals surface area contributed by atoms with Crippen LogP contribution in [0.1, 0.15) is 53.1 Å². The summed E-state index contributed by atoms with van der Waals surface area (Å²) in [6.07, 6.45) is 3.63. The summed E-state index contributed by atoms with van der Waals surface area (Å²) in [6, 6.07) is 9.79. The lowest BCUT2D eigenvalue weighted by Crippen LogP contribution is -2.43. The van der Waals surface area contributed by atoms with Gasteiger partial charge < -0.3 is 31.1 Å². The van der Waals surface area contributed by atoms with Crippen molar-refractivity contribution in [2.75, 3.05) is 13.1 Å². The Bertz CT molecular complexity index is 1250. The lowest BCUT2D eigenvalue weighted by atomic mass is 10.0. The van der Waals surface area contributed by atoms with Gasteiger partial charge in [-0.1, -0.05) is 18.2 Å². The summed E-state index contributed by atoms with van der Waals surface area (Å²) >= 11 is 0. The highest BCUT2D eigenvalue weighted by Crippen LogP contribution is 2.28. The zero-order valence-corrected chi connectivity index (χ0v) is 20.0. The molecule has 3 aromatic rings. The summed E-state index contributed by atoms with van der Waals surface area (Å²) in [5, 5.41) is 28.7. The first kappa shape index (κ1) is 25.2. The molecule has 10 heteroatoms. The van der Waals surface area contributed by atoms with Crippen LogP contribution in [-0.4, -0.2) is 57.1 Å². The van der Waals surface area contributed by atoms with Gasteiger partial charge in [-0.05, 0) is 49.4 Å². The highest BCUT2D eigenvalue weighted by molar-refractivity contribution is 6.04. The number of pyridine rings is 1. The summed E-state index contributed by atoms with van der Waals surface area (Å²) in [4.78, 5) is 43.9. The number of amides is 2. The number of hydrogen-bond donors (Lipinski definition) is 6. The van der Waals surface area contributed by atoms with E-state index in [0.717, 1.165) is 43.7 Å². The molecule has 1 atom stereocenters. The largest absolute Gasteiger partial charge is 0.505 e. The number of hydrogen-bond acceptors (Lipinski definition) is 6. The van der Waals surface area contributed by atoms with Gasteiger partial charge in [0.1, 0.15) is 11.7 Å². The number of carboxylic acids is 1. The topological polar surface area (TPSA) is 156 Å². The number of rotatable bonds is 11. The lowest BCUT2D eigenvalue weighted by Gasteiger charge is -2.16. The maximum Gasteiger partial charge on any atom is 0.326 e. The van der Waals surface area contributed by atoms with E-state index in [4.69, 9.17) is 4.98 Å². The minimum Gasteiger partial charge on any atom is -0.505 e. The fourth-order valence-corrected chi connectivity index (χ4v) is 4.34. The van der Waals surface area contributed by atoms with E-state index in [1.54, 1.807) is 24.3 Å². The second kappa shape index (κ2) is 11.7. The summed E-state index contributed by atoms with van der Waals surface area (Å²) < 4.78 is 0. The Balaban J connectivity index is 1.18. The number of unbranched alkanes of at least 4 members (excludes halogenated alkanes) is 1. The van der Waals surface area contributed by atoms with Crippen molar-refractivity contribution in [3.8, 4) is 5.75 Å². The van der Waals surface area contributed by atoms with E-state index in [9.17, 15) is 24.6 Å². The molecule has 1 aromatic carbocycles. The van der Waals surface area contributed by atoms with E-state index < -0.39 is 17.9 Å². The normalized spacial score (nSPS) is 13.7. The fourth-order valence-electron chi connectivity index (χ4n) is 4.34. The lowest BCUT2D eigenvalue weighted by molar-refractivity contribution is -0.139. The summed E-state index contributed by atoms with van der Waals surface area (Å²) in [6.45, 7) is 1.91. The molecule has 0 spiro atoms. The van der Waals surface area contributed by atoms with E-state index in [2.05, 4.69) is 27.0 Å². The second-order valence-corrected chi connectivity index (χ2v) is 8.94. The van der Waals surface area contributed by atoms with Gasteiger partial charge in [0.25, 0.3) is 5.91 Å². The summed E-state index contributed by atoms with van der Waals surface area (Å²) in [7, 11) is 0. The average molecular weight is 494 g/mol. The fraction of sp³-hybridized carbons (Fsp3) is 0.385. The average Bonchev–Trinajstić information content (AvgIpc) is 3.22. The Morgan fingerprint density at radius 2 is 1.94 bits per heavy atom. The number of aryl methyl sites for hydroxylation is 1. The van der Waals surface area contributed by atoms with E-state index in [0.29, 0.717) is 23.7 Å². The predicted octanol–water partition coefficient (Wildman–Crippen LogP) is 2.02. The number of benzene rings is 1. The van der Waals surface area contributed by atoms with Gasteiger partial charge in [-0.3, -0.25) is 14.6 Å². The Labute approximate surface area is 208 Å². The van der Waals surface area contributed by atoms with Crippen molar-refractivity contribution in [2.24, 2.45) is 0 Å². The quantitative estimate of drug-likeness (QED) is 0.223. The number of nitrogens with one attached hydrogen (secondary N) is 4. The number of nitrogens with zero attached hydrogens (tertiary/aromatic N) is 1. The molecule has 6 N–H and O–H groups in total. The second-order valence-electron chi connectivity index (χ2n) is 8.94. The number of aliphatic carboxylic acids is 1. The van der Waals surface area contributed by atoms with Crippen LogP contribution in [0.5, 0.6) is 5.75 Å². The molecular formula is C26H31N5O5. The minimum absolute atomic E-state index is 0.0156. The molecule has 10 nitrogen and oxygen atoms in total. The zero-order valence-electron chi connectivity index (χ0n) is 20.0. The molecule has 0 radical (unpaired) electrons. The van der Waals surface area contributed by atoms with E-state index >= 15 is 0 Å². The number of carbonyl (C=O) groups is 3. The van der Waals surface area contributed by atoms with Crippen molar-refractivity contribution in [2.45, 2.75) is 51.1 Å². The molecule has 4 rings (SSSR count). The monoisotopic (exact) mass is 493 g/mol. The number of fused-ring (bicyclic) bond motifs is 2. The third-order valence-electron chi connectivity index (χ3n) is 6.33. The molecule has 0 bridgehead atoms.